The van der Waals surface area contributed by atoms with E-state index in [-0.39, 0.29) is 27.3 Å². The molecule has 0 aliphatic heterocycles. The molecule has 3 aromatic carbocycles. The molecule has 5 aromatic rings. The van der Waals surface area contributed by atoms with Gasteiger partial charge in [-0.15, -0.1) is 0 Å². The number of carbonyl (C=O) groups is 2. The zero-order valence-corrected chi connectivity index (χ0v) is 31.2. The van der Waals surface area contributed by atoms with Crippen LogP contribution in [0.2, 0.25) is 0 Å². The van der Waals surface area contributed by atoms with E-state index in [4.69, 9.17) is 4.74 Å². The number of imidazole rings is 1. The van der Waals surface area contributed by atoms with Crippen LogP contribution in [0, 0.1) is 0 Å². The maximum atomic E-state index is 13.3. The fourth-order valence-corrected chi connectivity index (χ4v) is 7.70. The number of ether oxygens (including phenoxy) is 1. The van der Waals surface area contributed by atoms with Crippen LogP contribution in [-0.2, 0) is 43.2 Å². The number of nitrogens with one attached hydrogen (secondary N) is 5. The topological polar surface area (TPSA) is 231 Å². The minimum absolute atomic E-state index is 0.0705. The van der Waals surface area contributed by atoms with Gasteiger partial charge in [0.1, 0.15) is 11.6 Å². The molecule has 0 spiro atoms. The van der Waals surface area contributed by atoms with Crippen molar-refractivity contribution in [2.45, 2.75) is 42.1 Å². The molecular weight excluding hydrogens is 739 g/mol. The molecule has 0 saturated heterocycles. The van der Waals surface area contributed by atoms with Crippen LogP contribution in [0.3, 0.4) is 0 Å². The fourth-order valence-electron chi connectivity index (χ4n) is 5.44. The Morgan fingerprint density at radius 1 is 0.944 bits per heavy atom. The zero-order chi connectivity index (χ0) is 38.9. The molecule has 0 radical (unpaired) electrons. The lowest BCUT2D eigenvalue weighted by Crippen LogP contribution is -2.48. The maximum absolute atomic E-state index is 13.3. The molecule has 1 amide bonds. The van der Waals surface area contributed by atoms with Crippen molar-refractivity contribution in [3.8, 4) is 11.1 Å². The Balaban J connectivity index is 1.20. The molecule has 0 saturated carbocycles. The van der Waals surface area contributed by atoms with Gasteiger partial charge >= 0.3 is 5.97 Å². The number of fused-ring (bicyclic) bond motifs is 1. The Bertz CT molecular complexity index is 2360. The van der Waals surface area contributed by atoms with E-state index >= 15 is 0 Å². The minimum atomic E-state index is -4.38. The lowest BCUT2D eigenvalue weighted by Gasteiger charge is -2.16. The van der Waals surface area contributed by atoms with E-state index in [9.17, 15) is 36.3 Å². The van der Waals surface area contributed by atoms with Crippen molar-refractivity contribution in [1.29, 1.82) is 0 Å². The van der Waals surface area contributed by atoms with Crippen LogP contribution in [0.1, 0.15) is 35.7 Å². The SMILES string of the molecule is CCCOCCCNS(=O)(=O)c1ccc(-c2ccc(S(=O)(=O)NC(CNC(=O)c3cn(C)c4cc(CNc5ncc[nH]5)ccc4c3=O)C(=O)O)cc2)cc1. The number of carboxylic acid groups (broad SMARTS) is 1. The van der Waals surface area contributed by atoms with Gasteiger partial charge in [0.25, 0.3) is 5.91 Å². The Labute approximate surface area is 312 Å². The smallest absolute Gasteiger partial charge is 0.323 e. The number of aromatic nitrogens is 3. The largest absolute Gasteiger partial charge is 0.480 e. The van der Waals surface area contributed by atoms with E-state index < -0.39 is 49.9 Å². The van der Waals surface area contributed by atoms with Crippen molar-refractivity contribution in [1.82, 2.24) is 29.3 Å². The van der Waals surface area contributed by atoms with Crippen LogP contribution < -0.4 is 25.5 Å². The number of carbonyl (C=O) groups excluding carboxylic acids is 1. The fraction of sp³-hybridized carbons (Fsp3) is 0.278. The van der Waals surface area contributed by atoms with E-state index in [0.29, 0.717) is 48.8 Å². The molecule has 2 aromatic heterocycles. The lowest BCUT2D eigenvalue weighted by molar-refractivity contribution is -0.138. The highest BCUT2D eigenvalue weighted by molar-refractivity contribution is 7.89. The minimum Gasteiger partial charge on any atom is -0.480 e. The number of aromatic amines is 1. The first-order valence-corrected chi connectivity index (χ1v) is 19.9. The first-order valence-electron chi connectivity index (χ1n) is 17.0. The van der Waals surface area contributed by atoms with E-state index in [1.165, 1.54) is 42.6 Å². The Hall–Kier alpha value is -5.40. The summed E-state index contributed by atoms with van der Waals surface area (Å²) in [5.41, 5.74) is 1.80. The van der Waals surface area contributed by atoms with E-state index in [0.717, 1.165) is 12.0 Å². The number of carboxylic acids is 1. The van der Waals surface area contributed by atoms with Crippen molar-refractivity contribution >= 4 is 48.8 Å². The third kappa shape index (κ3) is 9.97. The summed E-state index contributed by atoms with van der Waals surface area (Å²) in [6.07, 6.45) is 6.04. The Morgan fingerprint density at radius 3 is 2.22 bits per heavy atom. The molecule has 18 heteroatoms. The van der Waals surface area contributed by atoms with Gasteiger partial charge in [-0.3, -0.25) is 14.4 Å². The number of rotatable bonds is 19. The molecule has 1 atom stereocenters. The molecule has 1 unspecified atom stereocenters. The number of sulfonamides is 2. The highest BCUT2D eigenvalue weighted by Crippen LogP contribution is 2.23. The first kappa shape index (κ1) is 39.8. The summed E-state index contributed by atoms with van der Waals surface area (Å²) in [6, 6.07) is 15.0. The summed E-state index contributed by atoms with van der Waals surface area (Å²) >= 11 is 0. The second-order valence-corrected chi connectivity index (χ2v) is 15.7. The number of hydrogen-bond acceptors (Lipinski definition) is 10. The van der Waals surface area contributed by atoms with E-state index in [1.54, 1.807) is 54.3 Å². The van der Waals surface area contributed by atoms with Gasteiger partial charge in [0, 0.05) is 63.9 Å². The molecule has 2 heterocycles. The molecule has 0 fully saturated rings. The van der Waals surface area contributed by atoms with Gasteiger partial charge in [0.15, 0.2) is 5.95 Å². The molecule has 54 heavy (non-hydrogen) atoms. The number of anilines is 1. The average molecular weight is 780 g/mol. The van der Waals surface area contributed by atoms with Gasteiger partial charge in [-0.2, -0.15) is 4.72 Å². The van der Waals surface area contributed by atoms with Gasteiger partial charge in [0.2, 0.25) is 25.5 Å². The van der Waals surface area contributed by atoms with Crippen LogP contribution in [0.25, 0.3) is 22.0 Å². The van der Waals surface area contributed by atoms with Gasteiger partial charge in [0.05, 0.1) is 15.3 Å². The molecule has 286 valence electrons. The first-order chi connectivity index (χ1) is 25.8. The monoisotopic (exact) mass is 779 g/mol. The van der Waals surface area contributed by atoms with Crippen molar-refractivity contribution in [3.63, 3.8) is 0 Å². The normalized spacial score (nSPS) is 12.4. The quantitative estimate of drug-likeness (QED) is 0.0668. The van der Waals surface area contributed by atoms with Gasteiger partial charge < -0.3 is 30.0 Å². The maximum Gasteiger partial charge on any atom is 0.323 e. The van der Waals surface area contributed by atoms with Crippen molar-refractivity contribution in [3.05, 3.63) is 107 Å². The average Bonchev–Trinajstić information content (AvgIpc) is 3.69. The second-order valence-electron chi connectivity index (χ2n) is 12.3. The highest BCUT2D eigenvalue weighted by atomic mass is 32.2. The van der Waals surface area contributed by atoms with Crippen molar-refractivity contribution in [2.75, 3.05) is 31.6 Å². The van der Waals surface area contributed by atoms with Crippen LogP contribution in [0.4, 0.5) is 5.95 Å². The van der Waals surface area contributed by atoms with E-state index in [1.807, 2.05) is 6.92 Å². The summed E-state index contributed by atoms with van der Waals surface area (Å²) in [5.74, 6) is -1.84. The molecule has 5 rings (SSSR count). The third-order valence-corrected chi connectivity index (χ3v) is 11.3. The number of pyridine rings is 1. The molecule has 0 bridgehead atoms. The summed E-state index contributed by atoms with van der Waals surface area (Å²) < 4.78 is 63.2. The van der Waals surface area contributed by atoms with Gasteiger partial charge in [-0.25, -0.2) is 26.5 Å². The zero-order valence-electron chi connectivity index (χ0n) is 29.5. The van der Waals surface area contributed by atoms with Crippen LogP contribution in [0.5, 0.6) is 0 Å². The second kappa shape index (κ2) is 17.6. The Kier molecular flexibility index (Phi) is 13.0. The van der Waals surface area contributed by atoms with Crippen LogP contribution in [0.15, 0.2) is 99.9 Å². The molecular formula is C36H41N7O9S2. The van der Waals surface area contributed by atoms with Crippen molar-refractivity contribution < 1.29 is 36.3 Å². The van der Waals surface area contributed by atoms with Crippen LogP contribution >= 0.6 is 0 Å². The van der Waals surface area contributed by atoms with Crippen LogP contribution in [-0.4, -0.2) is 80.7 Å². The lowest BCUT2D eigenvalue weighted by atomic mass is 10.1. The number of H-pyrrole nitrogens is 1. The standard InChI is InChI=1S/C36H41N7O9S2/c1-3-18-52-19-4-15-41-53(48,49)27-10-6-25(7-11-27)26-8-12-28(13-9-26)54(50,51)42-31(35(46)47)22-39-34(45)30-23-43(2)32-20-24(5-14-29(32)33(30)44)21-40-36-37-16-17-38-36/h5-14,16-17,20,23,31,41-42H,3-4,15,18-19,21-22H2,1-2H3,(H,39,45)(H,46,47)(H2,37,38,40). The third-order valence-electron chi connectivity index (χ3n) is 8.29. The summed E-state index contributed by atoms with van der Waals surface area (Å²) in [4.78, 5) is 45.3. The number of nitrogens with zero attached hydrogens (tertiary/aromatic N) is 2. The number of benzene rings is 3. The molecule has 0 aliphatic rings. The predicted octanol–water partition coefficient (Wildman–Crippen LogP) is 2.80. The summed E-state index contributed by atoms with van der Waals surface area (Å²) in [7, 11) is -6.45. The number of hydrogen-bond donors (Lipinski definition) is 6. The number of amides is 1. The summed E-state index contributed by atoms with van der Waals surface area (Å²) in [6.45, 7) is 3.06. The highest BCUT2D eigenvalue weighted by Gasteiger charge is 2.27. The Morgan fingerprint density at radius 2 is 1.61 bits per heavy atom. The molecule has 0 aliphatic carbocycles. The van der Waals surface area contributed by atoms with Crippen molar-refractivity contribution in [2.24, 2.45) is 7.05 Å². The van der Waals surface area contributed by atoms with E-state index in [2.05, 4.69) is 30.0 Å². The number of aliphatic carboxylic acids is 1. The summed E-state index contributed by atoms with van der Waals surface area (Å²) in [5, 5.41) is 15.5. The van der Waals surface area contributed by atoms with Gasteiger partial charge in [-0.05, 0) is 65.9 Å². The molecule has 6 N–H and O–H groups in total. The predicted molar refractivity (Wildman–Crippen MR) is 202 cm³/mol. The molecule has 16 nitrogen and oxygen atoms in total. The van der Waals surface area contributed by atoms with Gasteiger partial charge in [-0.1, -0.05) is 37.3 Å². The number of aryl methyl sites for hydroxylation is 1.